The molecule has 2 aromatic heterocycles. The molecule has 0 aliphatic carbocycles. The number of aliphatic hydroxyl groups excluding tert-OH is 1. The predicted octanol–water partition coefficient (Wildman–Crippen LogP) is 6.46. The van der Waals surface area contributed by atoms with Crippen LogP contribution in [0, 0.1) is 0 Å². The maximum Gasteiger partial charge on any atom is 0.121 e. The minimum atomic E-state index is -0.795. The van der Waals surface area contributed by atoms with E-state index in [2.05, 4.69) is 76.9 Å². The van der Waals surface area contributed by atoms with Crippen LogP contribution >= 0.6 is 0 Å². The summed E-state index contributed by atoms with van der Waals surface area (Å²) >= 11 is 0. The van der Waals surface area contributed by atoms with Crippen molar-refractivity contribution in [2.45, 2.75) is 58.5 Å². The Balaban J connectivity index is 1.87. The Morgan fingerprint density at radius 2 is 1.30 bits per heavy atom. The average Bonchev–Trinajstić information content (AvgIpc) is 2.71. The highest BCUT2D eigenvalue weighted by Gasteiger charge is 2.23. The molecule has 0 bridgehead atoms. The minimum Gasteiger partial charge on any atom is -0.382 e. The number of nitrogens with zero attached hydrogens (tertiary/aromatic N) is 2. The molecule has 0 aliphatic heterocycles. The molecule has 2 heterocycles. The molecule has 0 saturated heterocycles. The molecule has 1 unspecified atom stereocenters. The molecule has 0 spiro atoms. The molecule has 2 aromatic carbocycles. The van der Waals surface area contributed by atoms with E-state index in [1.54, 1.807) is 6.20 Å². The lowest BCUT2D eigenvalue weighted by atomic mass is 9.79. The molecule has 3 nitrogen and oxygen atoms in total. The lowest BCUT2D eigenvalue weighted by molar-refractivity contribution is 0.215. The average molecular weight is 399 g/mol. The highest BCUT2D eigenvalue weighted by atomic mass is 16.3. The fraction of sp³-hybridized carbons (Fsp3) is 0.333. The molecule has 3 heteroatoms. The van der Waals surface area contributed by atoms with Gasteiger partial charge >= 0.3 is 0 Å². The van der Waals surface area contributed by atoms with Crippen LogP contribution in [0.2, 0.25) is 0 Å². The smallest absolute Gasteiger partial charge is 0.121 e. The number of aromatic nitrogens is 2. The molecule has 0 fully saturated rings. The van der Waals surface area contributed by atoms with Crippen LogP contribution in [0.25, 0.3) is 21.8 Å². The maximum absolute atomic E-state index is 11.3. The number of hydrogen-bond acceptors (Lipinski definition) is 3. The van der Waals surface area contributed by atoms with E-state index in [0.717, 1.165) is 27.4 Å². The Kier molecular flexibility index (Phi) is 4.90. The van der Waals surface area contributed by atoms with E-state index < -0.39 is 6.10 Å². The zero-order valence-electron chi connectivity index (χ0n) is 18.7. The van der Waals surface area contributed by atoms with Gasteiger partial charge in [0.05, 0.1) is 16.7 Å². The number of pyridine rings is 2. The third kappa shape index (κ3) is 3.82. The van der Waals surface area contributed by atoms with Crippen molar-refractivity contribution < 1.29 is 5.11 Å². The first-order valence-electron chi connectivity index (χ1n) is 10.5. The van der Waals surface area contributed by atoms with Crippen molar-refractivity contribution in [3.8, 4) is 0 Å². The summed E-state index contributed by atoms with van der Waals surface area (Å²) in [6, 6.07) is 18.5. The molecule has 1 N–H and O–H groups in total. The van der Waals surface area contributed by atoms with Crippen molar-refractivity contribution in [2.75, 3.05) is 0 Å². The van der Waals surface area contributed by atoms with Gasteiger partial charge in [0.25, 0.3) is 0 Å². The molecule has 0 saturated carbocycles. The summed E-state index contributed by atoms with van der Waals surface area (Å²) in [4.78, 5) is 9.38. The van der Waals surface area contributed by atoms with Crippen LogP contribution in [-0.2, 0) is 10.8 Å². The molecule has 0 aliphatic rings. The Labute approximate surface area is 178 Å². The van der Waals surface area contributed by atoms with Gasteiger partial charge in [0.2, 0.25) is 0 Å². The highest BCUT2D eigenvalue weighted by molar-refractivity contribution is 6.02. The molecule has 4 rings (SSSR count). The summed E-state index contributed by atoms with van der Waals surface area (Å²) in [5, 5.41) is 13.4. The molecule has 1 atom stereocenters. The Morgan fingerprint density at radius 3 is 1.90 bits per heavy atom. The van der Waals surface area contributed by atoms with Gasteiger partial charge in [0.1, 0.15) is 6.10 Å². The van der Waals surface area contributed by atoms with E-state index in [9.17, 15) is 5.11 Å². The first-order chi connectivity index (χ1) is 14.0. The van der Waals surface area contributed by atoms with Gasteiger partial charge in [-0.15, -0.1) is 0 Å². The largest absolute Gasteiger partial charge is 0.382 e. The van der Waals surface area contributed by atoms with Crippen LogP contribution in [0.3, 0.4) is 0 Å². The number of hydrogen-bond donors (Lipinski definition) is 1. The van der Waals surface area contributed by atoms with Crippen molar-refractivity contribution in [2.24, 2.45) is 0 Å². The van der Waals surface area contributed by atoms with Gasteiger partial charge in [-0.1, -0.05) is 84.0 Å². The molecular weight excluding hydrogens is 368 g/mol. The number of fused-ring (bicyclic) bond motifs is 3. The van der Waals surface area contributed by atoms with E-state index in [1.807, 2.05) is 24.3 Å². The standard InChI is InChI=1S/C27H30N2O/c1-26(2,3)20-14-19(15-21(16-20)27(4,5)6)25(30)22-12-11-18-10-9-17-8-7-13-28-23(17)24(18)29-22/h7-16,25,30H,1-6H3. The predicted molar refractivity (Wildman–Crippen MR) is 125 cm³/mol. The first-order valence-corrected chi connectivity index (χ1v) is 10.5. The minimum absolute atomic E-state index is 0.00728. The first kappa shape index (κ1) is 20.5. The number of benzene rings is 2. The highest BCUT2D eigenvalue weighted by Crippen LogP contribution is 2.34. The van der Waals surface area contributed by atoms with Crippen LogP contribution in [0.5, 0.6) is 0 Å². The molecule has 0 amide bonds. The summed E-state index contributed by atoms with van der Waals surface area (Å²) in [5.74, 6) is 0. The van der Waals surface area contributed by atoms with Crippen LogP contribution in [0.4, 0.5) is 0 Å². The lowest BCUT2D eigenvalue weighted by Gasteiger charge is -2.27. The van der Waals surface area contributed by atoms with Crippen LogP contribution in [0.1, 0.15) is 70.0 Å². The zero-order chi connectivity index (χ0) is 21.7. The van der Waals surface area contributed by atoms with Gasteiger partial charge in [-0.25, -0.2) is 4.98 Å². The van der Waals surface area contributed by atoms with Gasteiger partial charge in [0.15, 0.2) is 0 Å². The van der Waals surface area contributed by atoms with Gasteiger partial charge in [-0.2, -0.15) is 0 Å². The Hall–Kier alpha value is -2.78. The Morgan fingerprint density at radius 1 is 0.733 bits per heavy atom. The normalized spacial score (nSPS) is 13.7. The van der Waals surface area contributed by atoms with E-state index in [4.69, 9.17) is 4.98 Å². The fourth-order valence-corrected chi connectivity index (χ4v) is 3.74. The summed E-state index contributed by atoms with van der Waals surface area (Å²) in [5.41, 5.74) is 5.64. The van der Waals surface area contributed by atoms with E-state index in [0.29, 0.717) is 5.69 Å². The maximum atomic E-state index is 11.3. The van der Waals surface area contributed by atoms with Crippen LogP contribution in [0.15, 0.2) is 60.8 Å². The molecular formula is C27H30N2O. The second kappa shape index (κ2) is 7.17. The number of aliphatic hydroxyl groups is 1. The second-order valence-corrected chi connectivity index (χ2v) is 10.2. The molecule has 154 valence electrons. The monoisotopic (exact) mass is 398 g/mol. The van der Waals surface area contributed by atoms with Crippen molar-refractivity contribution in [3.05, 3.63) is 83.2 Å². The third-order valence-electron chi connectivity index (χ3n) is 5.74. The summed E-state index contributed by atoms with van der Waals surface area (Å²) in [7, 11) is 0. The molecule has 0 radical (unpaired) electrons. The summed E-state index contributed by atoms with van der Waals surface area (Å²) < 4.78 is 0. The van der Waals surface area contributed by atoms with E-state index in [1.165, 1.54) is 11.1 Å². The topological polar surface area (TPSA) is 46.0 Å². The van der Waals surface area contributed by atoms with Gasteiger partial charge in [-0.3, -0.25) is 4.98 Å². The van der Waals surface area contributed by atoms with Crippen LogP contribution < -0.4 is 0 Å². The Bertz CT molecular complexity index is 1200. The van der Waals surface area contributed by atoms with Crippen molar-refractivity contribution in [1.82, 2.24) is 9.97 Å². The fourth-order valence-electron chi connectivity index (χ4n) is 3.74. The quantitative estimate of drug-likeness (QED) is 0.394. The van der Waals surface area contributed by atoms with E-state index in [-0.39, 0.29) is 10.8 Å². The van der Waals surface area contributed by atoms with Gasteiger partial charge in [-0.05, 0) is 39.7 Å². The SMILES string of the molecule is CC(C)(C)c1cc(C(O)c2ccc3ccc4cccnc4c3n2)cc(C(C)(C)C)c1. The van der Waals surface area contributed by atoms with Crippen molar-refractivity contribution in [3.63, 3.8) is 0 Å². The van der Waals surface area contributed by atoms with Gasteiger partial charge in [0, 0.05) is 17.0 Å². The third-order valence-corrected chi connectivity index (χ3v) is 5.74. The zero-order valence-corrected chi connectivity index (χ0v) is 18.7. The van der Waals surface area contributed by atoms with Crippen molar-refractivity contribution >= 4 is 21.8 Å². The van der Waals surface area contributed by atoms with Crippen molar-refractivity contribution in [1.29, 1.82) is 0 Å². The molecule has 30 heavy (non-hydrogen) atoms. The number of rotatable bonds is 2. The lowest BCUT2D eigenvalue weighted by Crippen LogP contribution is -2.18. The summed E-state index contributed by atoms with van der Waals surface area (Å²) in [6.45, 7) is 13.2. The molecule has 4 aromatic rings. The van der Waals surface area contributed by atoms with Gasteiger partial charge < -0.3 is 5.11 Å². The van der Waals surface area contributed by atoms with Crippen LogP contribution in [-0.4, -0.2) is 15.1 Å². The summed E-state index contributed by atoms with van der Waals surface area (Å²) in [6.07, 6.45) is 0.992. The van der Waals surface area contributed by atoms with E-state index >= 15 is 0 Å². The second-order valence-electron chi connectivity index (χ2n) is 10.2.